The fourth-order valence-corrected chi connectivity index (χ4v) is 5.78. The fourth-order valence-electron chi connectivity index (χ4n) is 3.09. The Balaban J connectivity index is 1.90. The van der Waals surface area contributed by atoms with E-state index in [-0.39, 0.29) is 0 Å². The number of H-pyrrole nitrogens is 1. The van der Waals surface area contributed by atoms with Crippen molar-refractivity contribution in [3.63, 3.8) is 0 Å². The third kappa shape index (κ3) is 3.81. The van der Waals surface area contributed by atoms with E-state index < -0.39 is 8.32 Å². The van der Waals surface area contributed by atoms with E-state index in [4.69, 9.17) is 4.43 Å². The van der Waals surface area contributed by atoms with Crippen LogP contribution in [0.25, 0.3) is 0 Å². The number of hydrogen-bond acceptors (Lipinski definition) is 1. The summed E-state index contributed by atoms with van der Waals surface area (Å²) in [4.78, 5) is 3.23. The predicted octanol–water partition coefficient (Wildman–Crippen LogP) is 5.11. The first kappa shape index (κ1) is 15.8. The highest BCUT2D eigenvalue weighted by Crippen LogP contribution is 2.34. The maximum atomic E-state index is 6.45. The molecule has 0 amide bonds. The molecule has 1 aromatic heterocycles. The number of aromatic nitrogens is 1. The monoisotopic (exact) mass is 321 g/mol. The molecular formula is C20H23NOSi. The summed E-state index contributed by atoms with van der Waals surface area (Å²) in [5.41, 5.74) is 4.12. The Hall–Kier alpha value is -2.10. The van der Waals surface area contributed by atoms with Gasteiger partial charge in [-0.05, 0) is 36.4 Å². The molecule has 0 saturated carbocycles. The standard InChI is InChI=1S/C20H23NOSi/c1-23(2,22-16-19-14-9-15-21-19)20(17-10-5-3-6-11-17)18-12-7-4-8-13-18/h3-15,20-21H,16H2,1-2H3. The van der Waals surface area contributed by atoms with Gasteiger partial charge in [-0.2, -0.15) is 0 Å². The summed E-state index contributed by atoms with van der Waals surface area (Å²) >= 11 is 0. The molecule has 0 bridgehead atoms. The first-order chi connectivity index (χ1) is 11.2. The van der Waals surface area contributed by atoms with Crippen LogP contribution in [-0.4, -0.2) is 13.3 Å². The topological polar surface area (TPSA) is 25.0 Å². The maximum absolute atomic E-state index is 6.45. The van der Waals surface area contributed by atoms with Crippen molar-refractivity contribution in [3.8, 4) is 0 Å². The maximum Gasteiger partial charge on any atom is 0.199 e. The molecule has 0 aliphatic carbocycles. The summed E-state index contributed by atoms with van der Waals surface area (Å²) < 4.78 is 6.45. The van der Waals surface area contributed by atoms with E-state index in [2.05, 4.69) is 84.8 Å². The summed E-state index contributed by atoms with van der Waals surface area (Å²) in [6.07, 6.45) is 1.94. The summed E-state index contributed by atoms with van der Waals surface area (Å²) in [5, 5.41) is 0. The molecule has 0 aliphatic rings. The van der Waals surface area contributed by atoms with Gasteiger partial charge in [0.15, 0.2) is 8.32 Å². The molecule has 2 nitrogen and oxygen atoms in total. The lowest BCUT2D eigenvalue weighted by Gasteiger charge is -2.33. The molecule has 3 rings (SSSR count). The van der Waals surface area contributed by atoms with Crippen LogP contribution in [-0.2, 0) is 11.0 Å². The molecule has 0 saturated heterocycles. The average Bonchev–Trinajstić information content (AvgIpc) is 3.09. The SMILES string of the molecule is C[Si](C)(OCc1ccc[nH]1)C(c1ccccc1)c1ccccc1. The number of hydrogen-bond donors (Lipinski definition) is 1. The molecule has 3 heteroatoms. The normalized spacial score (nSPS) is 11.8. The Morgan fingerprint density at radius 2 is 1.39 bits per heavy atom. The van der Waals surface area contributed by atoms with Crippen LogP contribution < -0.4 is 0 Å². The van der Waals surface area contributed by atoms with Crippen molar-refractivity contribution in [1.82, 2.24) is 4.98 Å². The molecule has 2 aromatic carbocycles. The minimum Gasteiger partial charge on any atom is -0.411 e. The molecule has 0 fully saturated rings. The molecule has 0 spiro atoms. The van der Waals surface area contributed by atoms with Crippen molar-refractivity contribution in [2.75, 3.05) is 0 Å². The lowest BCUT2D eigenvalue weighted by molar-refractivity contribution is 0.286. The van der Waals surface area contributed by atoms with Gasteiger partial charge in [0, 0.05) is 17.4 Å². The molecule has 0 unspecified atom stereocenters. The van der Waals surface area contributed by atoms with Crippen LogP contribution in [0.3, 0.4) is 0 Å². The third-order valence-corrected chi connectivity index (χ3v) is 7.17. The Kier molecular flexibility index (Phi) is 4.79. The quantitative estimate of drug-likeness (QED) is 0.627. The van der Waals surface area contributed by atoms with Gasteiger partial charge in [-0.15, -0.1) is 0 Å². The van der Waals surface area contributed by atoms with Crippen LogP contribution in [0, 0.1) is 0 Å². The molecule has 23 heavy (non-hydrogen) atoms. The zero-order valence-corrected chi connectivity index (χ0v) is 14.7. The van der Waals surface area contributed by atoms with Crippen LogP contribution in [0.5, 0.6) is 0 Å². The zero-order valence-electron chi connectivity index (χ0n) is 13.7. The number of rotatable bonds is 6. The van der Waals surface area contributed by atoms with E-state index >= 15 is 0 Å². The van der Waals surface area contributed by atoms with Crippen molar-refractivity contribution in [1.29, 1.82) is 0 Å². The van der Waals surface area contributed by atoms with Crippen LogP contribution in [0.2, 0.25) is 13.1 Å². The van der Waals surface area contributed by atoms with Gasteiger partial charge >= 0.3 is 0 Å². The van der Waals surface area contributed by atoms with E-state index in [1.165, 1.54) is 11.1 Å². The number of nitrogens with one attached hydrogen (secondary N) is 1. The molecule has 0 aliphatic heterocycles. The second-order valence-corrected chi connectivity index (χ2v) is 10.4. The summed E-state index contributed by atoms with van der Waals surface area (Å²) in [5.74, 6) is 0. The predicted molar refractivity (Wildman–Crippen MR) is 97.8 cm³/mol. The lowest BCUT2D eigenvalue weighted by atomic mass is 10.0. The van der Waals surface area contributed by atoms with Gasteiger partial charge in [0.05, 0.1) is 6.61 Å². The van der Waals surface area contributed by atoms with E-state index in [0.29, 0.717) is 12.1 Å². The van der Waals surface area contributed by atoms with E-state index in [0.717, 1.165) is 5.69 Å². The highest BCUT2D eigenvalue weighted by atomic mass is 28.4. The van der Waals surface area contributed by atoms with Crippen LogP contribution >= 0.6 is 0 Å². The summed E-state index contributed by atoms with van der Waals surface area (Å²) in [6.45, 7) is 5.25. The molecule has 1 heterocycles. The zero-order chi connectivity index (χ0) is 16.1. The van der Waals surface area contributed by atoms with Crippen molar-refractivity contribution in [2.45, 2.75) is 25.2 Å². The van der Waals surface area contributed by atoms with Gasteiger partial charge in [0.25, 0.3) is 0 Å². The number of benzene rings is 2. The Labute approximate surface area is 139 Å². The van der Waals surface area contributed by atoms with Crippen LogP contribution in [0.15, 0.2) is 79.0 Å². The van der Waals surface area contributed by atoms with E-state index in [1.54, 1.807) is 0 Å². The molecule has 118 valence electrons. The smallest absolute Gasteiger partial charge is 0.199 e. The van der Waals surface area contributed by atoms with E-state index in [1.807, 2.05) is 12.3 Å². The molecule has 1 N–H and O–H groups in total. The highest BCUT2D eigenvalue weighted by molar-refractivity contribution is 6.73. The van der Waals surface area contributed by atoms with Crippen molar-refractivity contribution in [3.05, 3.63) is 95.8 Å². The van der Waals surface area contributed by atoms with Crippen molar-refractivity contribution in [2.24, 2.45) is 0 Å². The second-order valence-electron chi connectivity index (χ2n) is 6.34. The summed E-state index contributed by atoms with van der Waals surface area (Å²) in [6, 6.07) is 25.5. The highest BCUT2D eigenvalue weighted by Gasteiger charge is 2.36. The van der Waals surface area contributed by atoms with Gasteiger partial charge in [0.2, 0.25) is 0 Å². The molecule has 0 radical (unpaired) electrons. The van der Waals surface area contributed by atoms with Crippen molar-refractivity contribution >= 4 is 8.32 Å². The van der Waals surface area contributed by atoms with Gasteiger partial charge in [-0.1, -0.05) is 60.7 Å². The van der Waals surface area contributed by atoms with Gasteiger partial charge < -0.3 is 9.41 Å². The number of aromatic amines is 1. The third-order valence-electron chi connectivity index (χ3n) is 4.22. The van der Waals surface area contributed by atoms with Gasteiger partial charge in [0.1, 0.15) is 0 Å². The molecular weight excluding hydrogens is 298 g/mol. The molecule has 0 atom stereocenters. The van der Waals surface area contributed by atoms with E-state index in [9.17, 15) is 0 Å². The minimum atomic E-state index is -1.99. The second kappa shape index (κ2) is 6.98. The van der Waals surface area contributed by atoms with Crippen molar-refractivity contribution < 1.29 is 4.43 Å². The molecule has 3 aromatic rings. The Morgan fingerprint density at radius 1 is 0.826 bits per heavy atom. The Morgan fingerprint density at radius 3 is 1.87 bits per heavy atom. The largest absolute Gasteiger partial charge is 0.411 e. The minimum absolute atomic E-state index is 0.319. The fraction of sp³-hybridized carbons (Fsp3) is 0.200. The first-order valence-electron chi connectivity index (χ1n) is 8.03. The first-order valence-corrected chi connectivity index (χ1v) is 11.0. The Bertz CT molecular complexity index is 668. The average molecular weight is 321 g/mol. The lowest BCUT2D eigenvalue weighted by Crippen LogP contribution is -2.39. The van der Waals surface area contributed by atoms with Crippen LogP contribution in [0.4, 0.5) is 0 Å². The summed E-state index contributed by atoms with van der Waals surface area (Å²) in [7, 11) is -1.99. The van der Waals surface area contributed by atoms with Gasteiger partial charge in [-0.25, -0.2) is 0 Å². The van der Waals surface area contributed by atoms with Gasteiger partial charge in [-0.3, -0.25) is 0 Å². The van der Waals surface area contributed by atoms with Crippen LogP contribution in [0.1, 0.15) is 22.4 Å².